The lowest BCUT2D eigenvalue weighted by Gasteiger charge is -2.08. The van der Waals surface area contributed by atoms with Crippen molar-refractivity contribution in [3.8, 4) is 5.88 Å². The van der Waals surface area contributed by atoms with Crippen LogP contribution in [0, 0.1) is 0 Å². The molecule has 0 amide bonds. The van der Waals surface area contributed by atoms with Crippen LogP contribution in [0.15, 0.2) is 41.5 Å². The fraction of sp³-hybridized carbons (Fsp3) is 0.333. The van der Waals surface area contributed by atoms with Crippen molar-refractivity contribution in [2.45, 2.75) is 25.7 Å². The van der Waals surface area contributed by atoms with Gasteiger partial charge >= 0.3 is 0 Å². The molecule has 128 valence electrons. The average Bonchev–Trinajstić information content (AvgIpc) is 3.03. The first kappa shape index (κ1) is 18.5. The summed E-state index contributed by atoms with van der Waals surface area (Å²) in [6.07, 6.45) is 6.04. The fourth-order valence-corrected chi connectivity index (χ4v) is 2.93. The van der Waals surface area contributed by atoms with E-state index in [-0.39, 0.29) is 24.0 Å². The van der Waals surface area contributed by atoms with Crippen LogP contribution in [0.25, 0.3) is 0 Å². The van der Waals surface area contributed by atoms with Gasteiger partial charge in [-0.25, -0.2) is 4.98 Å². The Balaban J connectivity index is 0.00000208. The Morgan fingerprint density at radius 3 is 2.96 bits per heavy atom. The number of hydrogen-bond acceptors (Lipinski definition) is 3. The number of methoxy groups -OCH3 is 1. The maximum Gasteiger partial charge on any atom is 0.216 e. The molecule has 6 heteroatoms. The highest BCUT2D eigenvalue weighted by molar-refractivity contribution is 14.0. The lowest BCUT2D eigenvalue weighted by Crippen LogP contribution is -2.23. The average molecular weight is 438 g/mol. The van der Waals surface area contributed by atoms with E-state index < -0.39 is 0 Å². The molecule has 0 atom stereocenters. The summed E-state index contributed by atoms with van der Waals surface area (Å²) in [5.41, 5.74) is 10.9. The van der Waals surface area contributed by atoms with Crippen LogP contribution in [-0.2, 0) is 19.3 Å². The molecule has 3 rings (SSSR count). The van der Waals surface area contributed by atoms with E-state index in [1.807, 2.05) is 12.1 Å². The van der Waals surface area contributed by atoms with Crippen molar-refractivity contribution in [2.24, 2.45) is 10.7 Å². The van der Waals surface area contributed by atoms with Crippen LogP contribution < -0.4 is 15.8 Å². The number of nitrogens with two attached hydrogens (primary N) is 1. The summed E-state index contributed by atoms with van der Waals surface area (Å²) >= 11 is 0. The number of benzene rings is 1. The molecule has 0 bridgehead atoms. The number of nitrogens with zero attached hydrogens (tertiary/aromatic N) is 2. The zero-order valence-corrected chi connectivity index (χ0v) is 16.1. The van der Waals surface area contributed by atoms with Crippen molar-refractivity contribution in [2.75, 3.05) is 19.0 Å². The first-order chi connectivity index (χ1) is 11.3. The van der Waals surface area contributed by atoms with Crippen LogP contribution in [0.2, 0.25) is 0 Å². The Morgan fingerprint density at radius 2 is 2.12 bits per heavy atom. The summed E-state index contributed by atoms with van der Waals surface area (Å²) in [7, 11) is 1.62. The van der Waals surface area contributed by atoms with Crippen LogP contribution in [0.3, 0.4) is 0 Å². The predicted octanol–water partition coefficient (Wildman–Crippen LogP) is 3.17. The van der Waals surface area contributed by atoms with Crippen LogP contribution in [0.4, 0.5) is 5.69 Å². The minimum absolute atomic E-state index is 0. The lowest BCUT2D eigenvalue weighted by molar-refractivity contribution is 0.392. The molecule has 24 heavy (non-hydrogen) atoms. The molecule has 0 fully saturated rings. The molecule has 5 nitrogen and oxygen atoms in total. The van der Waals surface area contributed by atoms with E-state index in [1.54, 1.807) is 13.3 Å². The Labute approximate surface area is 159 Å². The molecule has 1 aromatic heterocycles. The van der Waals surface area contributed by atoms with Crippen molar-refractivity contribution in [1.29, 1.82) is 0 Å². The van der Waals surface area contributed by atoms with E-state index in [2.05, 4.69) is 33.5 Å². The van der Waals surface area contributed by atoms with Crippen LogP contribution in [-0.4, -0.2) is 24.6 Å². The van der Waals surface area contributed by atoms with E-state index in [1.165, 1.54) is 24.0 Å². The second-order valence-electron chi connectivity index (χ2n) is 5.65. The molecule has 3 N–H and O–H groups in total. The standard InChI is InChI=1S/C18H22N4O.HI/c1-23-17-14(6-3-10-20-17)9-11-21-18(19)22-16-8-7-13-4-2-5-15(13)12-16;/h3,6-8,10,12H,2,4-5,9,11H2,1H3,(H3,19,21,22);1H. The summed E-state index contributed by atoms with van der Waals surface area (Å²) in [5.74, 6) is 1.08. The molecule has 0 saturated carbocycles. The van der Waals surface area contributed by atoms with Gasteiger partial charge in [0.1, 0.15) is 0 Å². The van der Waals surface area contributed by atoms with E-state index in [4.69, 9.17) is 10.5 Å². The predicted molar refractivity (Wildman–Crippen MR) is 108 cm³/mol. The number of halogens is 1. The first-order valence-electron chi connectivity index (χ1n) is 7.93. The number of pyridine rings is 1. The molecule has 1 aromatic carbocycles. The number of guanidine groups is 1. The van der Waals surface area contributed by atoms with Crippen molar-refractivity contribution >= 4 is 35.6 Å². The highest BCUT2D eigenvalue weighted by Gasteiger charge is 2.10. The van der Waals surface area contributed by atoms with Crippen LogP contribution in [0.1, 0.15) is 23.1 Å². The van der Waals surface area contributed by atoms with Crippen molar-refractivity contribution in [1.82, 2.24) is 4.98 Å². The number of aromatic nitrogens is 1. The van der Waals surface area contributed by atoms with Gasteiger partial charge in [0.05, 0.1) is 7.11 Å². The number of rotatable bonds is 5. The topological polar surface area (TPSA) is 72.5 Å². The summed E-state index contributed by atoms with van der Waals surface area (Å²) < 4.78 is 5.23. The van der Waals surface area contributed by atoms with Gasteiger partial charge in [-0.2, -0.15) is 0 Å². The maximum atomic E-state index is 5.98. The van der Waals surface area contributed by atoms with E-state index in [9.17, 15) is 0 Å². The van der Waals surface area contributed by atoms with Gasteiger partial charge in [-0.15, -0.1) is 24.0 Å². The third-order valence-corrected chi connectivity index (χ3v) is 4.08. The second-order valence-corrected chi connectivity index (χ2v) is 5.65. The molecular weight excluding hydrogens is 415 g/mol. The quantitative estimate of drug-likeness (QED) is 0.428. The van der Waals surface area contributed by atoms with Gasteiger partial charge in [0.25, 0.3) is 0 Å². The second kappa shape index (κ2) is 8.86. The molecule has 1 aliphatic rings. The summed E-state index contributed by atoms with van der Waals surface area (Å²) in [6.45, 7) is 0.589. The van der Waals surface area contributed by atoms with Crippen molar-refractivity contribution in [3.05, 3.63) is 53.2 Å². The minimum atomic E-state index is 0. The van der Waals surface area contributed by atoms with Crippen molar-refractivity contribution < 1.29 is 4.74 Å². The number of ether oxygens (including phenoxy) is 1. The van der Waals surface area contributed by atoms with Gasteiger partial charge in [0, 0.05) is 24.0 Å². The molecule has 2 aromatic rings. The highest BCUT2D eigenvalue weighted by Crippen LogP contribution is 2.24. The normalized spacial score (nSPS) is 13.1. The van der Waals surface area contributed by atoms with Gasteiger partial charge in [-0.1, -0.05) is 12.1 Å². The Morgan fingerprint density at radius 1 is 1.29 bits per heavy atom. The summed E-state index contributed by atoms with van der Waals surface area (Å²) in [6, 6.07) is 10.3. The zero-order valence-electron chi connectivity index (χ0n) is 13.8. The Bertz CT molecular complexity index is 718. The molecular formula is C18H23IN4O. The molecule has 1 heterocycles. The molecule has 0 radical (unpaired) electrons. The molecule has 1 aliphatic carbocycles. The van der Waals surface area contributed by atoms with Gasteiger partial charge in [-0.05, 0) is 55.0 Å². The third-order valence-electron chi connectivity index (χ3n) is 4.08. The fourth-order valence-electron chi connectivity index (χ4n) is 2.93. The molecule has 0 spiro atoms. The van der Waals surface area contributed by atoms with Gasteiger partial charge in [0.15, 0.2) is 5.96 Å². The molecule has 0 unspecified atom stereocenters. The van der Waals surface area contributed by atoms with Crippen LogP contribution in [0.5, 0.6) is 5.88 Å². The number of anilines is 1. The summed E-state index contributed by atoms with van der Waals surface area (Å²) in [4.78, 5) is 8.56. The molecule has 0 aliphatic heterocycles. The Hall–Kier alpha value is -1.83. The number of aryl methyl sites for hydroxylation is 2. The van der Waals surface area contributed by atoms with E-state index >= 15 is 0 Å². The lowest BCUT2D eigenvalue weighted by atomic mass is 10.1. The van der Waals surface area contributed by atoms with E-state index in [0.29, 0.717) is 18.4 Å². The third kappa shape index (κ3) is 4.59. The monoisotopic (exact) mass is 438 g/mol. The smallest absolute Gasteiger partial charge is 0.216 e. The zero-order chi connectivity index (χ0) is 16.1. The first-order valence-corrected chi connectivity index (χ1v) is 7.93. The maximum absolute atomic E-state index is 5.98. The SMILES string of the molecule is COc1ncccc1CCN=C(N)Nc1ccc2c(c1)CCC2.I. The van der Waals surface area contributed by atoms with Gasteiger partial charge < -0.3 is 15.8 Å². The number of fused-ring (bicyclic) bond motifs is 1. The Kier molecular flexibility index (Phi) is 6.84. The minimum Gasteiger partial charge on any atom is -0.481 e. The van der Waals surface area contributed by atoms with Crippen LogP contribution >= 0.6 is 24.0 Å². The van der Waals surface area contributed by atoms with Gasteiger partial charge in [-0.3, -0.25) is 4.99 Å². The van der Waals surface area contributed by atoms with Gasteiger partial charge in [0.2, 0.25) is 5.88 Å². The number of aliphatic imine (C=N–C) groups is 1. The molecule has 0 saturated heterocycles. The highest BCUT2D eigenvalue weighted by atomic mass is 127. The number of hydrogen-bond donors (Lipinski definition) is 2. The number of nitrogens with one attached hydrogen (secondary N) is 1. The van der Waals surface area contributed by atoms with Crippen molar-refractivity contribution in [3.63, 3.8) is 0 Å². The summed E-state index contributed by atoms with van der Waals surface area (Å²) in [5, 5.41) is 3.17. The largest absolute Gasteiger partial charge is 0.481 e. The van der Waals surface area contributed by atoms with E-state index in [0.717, 1.165) is 24.1 Å².